The Kier molecular flexibility index (Phi) is 2.84. The summed E-state index contributed by atoms with van der Waals surface area (Å²) < 4.78 is 0. The summed E-state index contributed by atoms with van der Waals surface area (Å²) in [6.07, 6.45) is 1.01. The van der Waals surface area contributed by atoms with Gasteiger partial charge in [0.05, 0.1) is 6.54 Å². The molecule has 1 fully saturated rings. The van der Waals surface area contributed by atoms with E-state index in [0.29, 0.717) is 6.54 Å². The van der Waals surface area contributed by atoms with Crippen LogP contribution in [0, 0.1) is 0 Å². The summed E-state index contributed by atoms with van der Waals surface area (Å²) in [6.45, 7) is 2.30. The summed E-state index contributed by atoms with van der Waals surface area (Å²) in [7, 11) is 1.65. The van der Waals surface area contributed by atoms with Gasteiger partial charge in [-0.25, -0.2) is 0 Å². The molecule has 0 radical (unpaired) electrons. The van der Waals surface area contributed by atoms with Gasteiger partial charge in [-0.15, -0.1) is 0 Å². The molecule has 1 saturated heterocycles. The van der Waals surface area contributed by atoms with E-state index in [1.807, 2.05) is 0 Å². The predicted octanol–water partition coefficient (Wildman–Crippen LogP) is -1.23. The number of carbonyl (C=O) groups excluding carboxylic acids is 1. The molecule has 1 atom stereocenters. The van der Waals surface area contributed by atoms with Gasteiger partial charge < -0.3 is 11.1 Å². The zero-order valence-corrected chi connectivity index (χ0v) is 6.84. The smallest absolute Gasteiger partial charge is 0.233 e. The number of nitrogens with two attached hydrogens (primary N) is 1. The van der Waals surface area contributed by atoms with Crippen LogP contribution in [0.15, 0.2) is 0 Å². The Bertz CT molecular complexity index is 149. The second-order valence-corrected chi connectivity index (χ2v) is 2.96. The lowest BCUT2D eigenvalue weighted by atomic mass is 10.3. The largest absolute Gasteiger partial charge is 0.358 e. The number of hydrogen-bond acceptors (Lipinski definition) is 3. The third-order valence-corrected chi connectivity index (χ3v) is 1.95. The maximum atomic E-state index is 10.9. The van der Waals surface area contributed by atoms with E-state index >= 15 is 0 Å². The SMILES string of the molecule is CNC(=O)CN1CC[C@@H](N)C1. The summed E-state index contributed by atoms with van der Waals surface area (Å²) in [4.78, 5) is 13.0. The first-order chi connectivity index (χ1) is 5.22. The Balaban J connectivity index is 2.23. The molecule has 1 aliphatic heterocycles. The van der Waals surface area contributed by atoms with E-state index in [1.165, 1.54) is 0 Å². The highest BCUT2D eigenvalue weighted by molar-refractivity contribution is 5.77. The molecule has 0 aromatic carbocycles. The molecule has 0 unspecified atom stereocenters. The first-order valence-corrected chi connectivity index (χ1v) is 3.91. The molecule has 0 spiro atoms. The van der Waals surface area contributed by atoms with Crippen LogP contribution in [0.3, 0.4) is 0 Å². The van der Waals surface area contributed by atoms with Crippen molar-refractivity contribution in [2.45, 2.75) is 12.5 Å². The van der Waals surface area contributed by atoms with Gasteiger partial charge in [0.2, 0.25) is 5.91 Å². The molecule has 0 bridgehead atoms. The van der Waals surface area contributed by atoms with Crippen LogP contribution >= 0.6 is 0 Å². The van der Waals surface area contributed by atoms with Gasteiger partial charge in [-0.1, -0.05) is 0 Å². The molecular formula is C7H15N3O. The number of hydrogen-bond donors (Lipinski definition) is 2. The van der Waals surface area contributed by atoms with Crippen LogP contribution in [0.25, 0.3) is 0 Å². The molecule has 1 amide bonds. The zero-order chi connectivity index (χ0) is 8.27. The average molecular weight is 157 g/mol. The lowest BCUT2D eigenvalue weighted by molar-refractivity contribution is -0.121. The van der Waals surface area contributed by atoms with Gasteiger partial charge in [0.15, 0.2) is 0 Å². The van der Waals surface area contributed by atoms with Crippen molar-refractivity contribution in [2.24, 2.45) is 5.73 Å². The molecule has 1 heterocycles. The quantitative estimate of drug-likeness (QED) is 0.527. The van der Waals surface area contributed by atoms with Crippen LogP contribution in [0.5, 0.6) is 0 Å². The van der Waals surface area contributed by atoms with Gasteiger partial charge in [-0.05, 0) is 6.42 Å². The fourth-order valence-electron chi connectivity index (χ4n) is 1.29. The zero-order valence-electron chi connectivity index (χ0n) is 6.84. The normalized spacial score (nSPS) is 25.5. The van der Waals surface area contributed by atoms with E-state index in [0.717, 1.165) is 19.5 Å². The van der Waals surface area contributed by atoms with Crippen molar-refractivity contribution >= 4 is 5.91 Å². The Morgan fingerprint density at radius 2 is 2.55 bits per heavy atom. The molecule has 0 aromatic rings. The highest BCUT2D eigenvalue weighted by Crippen LogP contribution is 2.05. The van der Waals surface area contributed by atoms with Crippen LogP contribution in [-0.4, -0.2) is 43.5 Å². The van der Waals surface area contributed by atoms with Crippen molar-refractivity contribution in [3.05, 3.63) is 0 Å². The first kappa shape index (κ1) is 8.49. The summed E-state index contributed by atoms with van der Waals surface area (Å²) in [6, 6.07) is 0.264. The highest BCUT2D eigenvalue weighted by atomic mass is 16.1. The van der Waals surface area contributed by atoms with E-state index in [1.54, 1.807) is 7.05 Å². The predicted molar refractivity (Wildman–Crippen MR) is 43.1 cm³/mol. The number of carbonyl (C=O) groups is 1. The van der Waals surface area contributed by atoms with Crippen LogP contribution < -0.4 is 11.1 Å². The first-order valence-electron chi connectivity index (χ1n) is 3.91. The van der Waals surface area contributed by atoms with Crippen LogP contribution in [0.2, 0.25) is 0 Å². The third-order valence-electron chi connectivity index (χ3n) is 1.95. The number of nitrogens with zero attached hydrogens (tertiary/aromatic N) is 1. The minimum Gasteiger partial charge on any atom is -0.358 e. The molecule has 11 heavy (non-hydrogen) atoms. The maximum absolute atomic E-state index is 10.9. The van der Waals surface area contributed by atoms with Gasteiger partial charge >= 0.3 is 0 Å². The Morgan fingerprint density at radius 1 is 1.82 bits per heavy atom. The summed E-state index contributed by atoms with van der Waals surface area (Å²) in [5.41, 5.74) is 5.67. The topological polar surface area (TPSA) is 58.4 Å². The molecule has 0 saturated carbocycles. The Morgan fingerprint density at radius 3 is 3.00 bits per heavy atom. The number of likely N-dealkylation sites (N-methyl/N-ethyl adjacent to an activating group) is 1. The van der Waals surface area contributed by atoms with E-state index < -0.39 is 0 Å². The maximum Gasteiger partial charge on any atom is 0.233 e. The monoisotopic (exact) mass is 157 g/mol. The summed E-state index contributed by atoms with van der Waals surface area (Å²) in [5.74, 6) is 0.0686. The van der Waals surface area contributed by atoms with Crippen molar-refractivity contribution in [2.75, 3.05) is 26.7 Å². The molecule has 3 N–H and O–H groups in total. The van der Waals surface area contributed by atoms with Crippen molar-refractivity contribution in [1.29, 1.82) is 0 Å². The van der Waals surface area contributed by atoms with E-state index in [-0.39, 0.29) is 11.9 Å². The summed E-state index contributed by atoms with van der Waals surface area (Å²) in [5, 5.41) is 2.59. The van der Waals surface area contributed by atoms with E-state index in [2.05, 4.69) is 10.2 Å². The Hall–Kier alpha value is -0.610. The van der Waals surface area contributed by atoms with E-state index in [9.17, 15) is 4.79 Å². The molecule has 4 heteroatoms. The van der Waals surface area contributed by atoms with Crippen molar-refractivity contribution in [3.63, 3.8) is 0 Å². The van der Waals surface area contributed by atoms with Crippen molar-refractivity contribution in [3.8, 4) is 0 Å². The molecule has 0 aliphatic carbocycles. The van der Waals surface area contributed by atoms with Gasteiger partial charge in [0, 0.05) is 26.2 Å². The number of nitrogens with one attached hydrogen (secondary N) is 1. The standard InChI is InChI=1S/C7H15N3O/c1-9-7(11)5-10-3-2-6(8)4-10/h6H,2-5,8H2,1H3,(H,9,11)/t6-/m1/s1. The van der Waals surface area contributed by atoms with Crippen LogP contribution in [-0.2, 0) is 4.79 Å². The number of likely N-dealkylation sites (tertiary alicyclic amines) is 1. The van der Waals surface area contributed by atoms with Gasteiger partial charge in [0.25, 0.3) is 0 Å². The van der Waals surface area contributed by atoms with E-state index in [4.69, 9.17) is 5.73 Å². The average Bonchev–Trinajstić information content (AvgIpc) is 2.35. The minimum atomic E-state index is 0.0686. The van der Waals surface area contributed by atoms with Crippen LogP contribution in [0.1, 0.15) is 6.42 Å². The lowest BCUT2D eigenvalue weighted by Gasteiger charge is -2.12. The second kappa shape index (κ2) is 3.69. The second-order valence-electron chi connectivity index (χ2n) is 2.96. The molecule has 0 aromatic heterocycles. The van der Waals surface area contributed by atoms with Crippen molar-refractivity contribution < 1.29 is 4.79 Å². The summed E-state index contributed by atoms with van der Waals surface area (Å²) >= 11 is 0. The number of rotatable bonds is 2. The van der Waals surface area contributed by atoms with Crippen LogP contribution in [0.4, 0.5) is 0 Å². The molecule has 4 nitrogen and oxygen atoms in total. The van der Waals surface area contributed by atoms with Crippen molar-refractivity contribution in [1.82, 2.24) is 10.2 Å². The lowest BCUT2D eigenvalue weighted by Crippen LogP contribution is -2.35. The fourth-order valence-corrected chi connectivity index (χ4v) is 1.29. The fraction of sp³-hybridized carbons (Fsp3) is 0.857. The third kappa shape index (κ3) is 2.48. The molecule has 1 rings (SSSR count). The molecular weight excluding hydrogens is 142 g/mol. The Labute approximate surface area is 66.7 Å². The molecule has 64 valence electrons. The minimum absolute atomic E-state index is 0.0686. The van der Waals surface area contributed by atoms with Gasteiger partial charge in [-0.3, -0.25) is 9.69 Å². The highest BCUT2D eigenvalue weighted by Gasteiger charge is 2.20. The number of amides is 1. The van der Waals surface area contributed by atoms with Gasteiger partial charge in [-0.2, -0.15) is 0 Å². The van der Waals surface area contributed by atoms with Gasteiger partial charge in [0.1, 0.15) is 0 Å². The molecule has 1 aliphatic rings.